The van der Waals surface area contributed by atoms with Crippen molar-refractivity contribution < 1.29 is 9.21 Å². The Bertz CT molecular complexity index is 619. The molecule has 0 saturated heterocycles. The standard InChI is InChI=1S/C13H14N2O3/c14-6-3-7-15-13(17)12-8-10(16)9-4-1-2-5-11(9)18-12/h1-2,4-5,8H,3,6-7,14H2,(H,15,17). The molecule has 5 nitrogen and oxygen atoms in total. The van der Waals surface area contributed by atoms with Crippen molar-refractivity contribution in [2.75, 3.05) is 13.1 Å². The van der Waals surface area contributed by atoms with Crippen molar-refractivity contribution in [1.82, 2.24) is 5.32 Å². The molecular formula is C13H14N2O3. The van der Waals surface area contributed by atoms with Gasteiger partial charge < -0.3 is 15.5 Å². The van der Waals surface area contributed by atoms with Gasteiger partial charge in [-0.1, -0.05) is 12.1 Å². The molecular weight excluding hydrogens is 232 g/mol. The highest BCUT2D eigenvalue weighted by Crippen LogP contribution is 2.11. The number of hydrogen-bond donors (Lipinski definition) is 2. The molecule has 0 aliphatic rings. The van der Waals surface area contributed by atoms with Gasteiger partial charge in [0.2, 0.25) is 0 Å². The van der Waals surface area contributed by atoms with Crippen LogP contribution in [0.5, 0.6) is 0 Å². The first-order chi connectivity index (χ1) is 8.72. The summed E-state index contributed by atoms with van der Waals surface area (Å²) in [6.07, 6.45) is 0.684. The Morgan fingerprint density at radius 2 is 2.11 bits per heavy atom. The summed E-state index contributed by atoms with van der Waals surface area (Å²) in [7, 11) is 0. The molecule has 94 valence electrons. The Labute approximate surface area is 104 Å². The molecule has 3 N–H and O–H groups in total. The van der Waals surface area contributed by atoms with Crippen LogP contribution in [0.1, 0.15) is 17.0 Å². The van der Waals surface area contributed by atoms with Crippen molar-refractivity contribution in [3.63, 3.8) is 0 Å². The molecule has 0 atom stereocenters. The van der Waals surface area contributed by atoms with Gasteiger partial charge in [0.1, 0.15) is 5.58 Å². The third-order valence-corrected chi connectivity index (χ3v) is 2.52. The monoisotopic (exact) mass is 246 g/mol. The summed E-state index contributed by atoms with van der Waals surface area (Å²) in [6, 6.07) is 8.03. The van der Waals surface area contributed by atoms with Crippen molar-refractivity contribution in [3.05, 3.63) is 46.3 Å². The maximum Gasteiger partial charge on any atom is 0.287 e. The fourth-order valence-corrected chi connectivity index (χ4v) is 1.61. The summed E-state index contributed by atoms with van der Waals surface area (Å²) >= 11 is 0. The topological polar surface area (TPSA) is 85.3 Å². The molecule has 0 aliphatic heterocycles. The van der Waals surface area contributed by atoms with Gasteiger partial charge in [-0.3, -0.25) is 9.59 Å². The van der Waals surface area contributed by atoms with Crippen LogP contribution >= 0.6 is 0 Å². The molecule has 18 heavy (non-hydrogen) atoms. The minimum atomic E-state index is -0.397. The highest BCUT2D eigenvalue weighted by atomic mass is 16.3. The van der Waals surface area contributed by atoms with Gasteiger partial charge >= 0.3 is 0 Å². The smallest absolute Gasteiger partial charge is 0.287 e. The third-order valence-electron chi connectivity index (χ3n) is 2.52. The molecule has 5 heteroatoms. The van der Waals surface area contributed by atoms with E-state index >= 15 is 0 Å². The van der Waals surface area contributed by atoms with E-state index in [-0.39, 0.29) is 11.2 Å². The maximum atomic E-state index is 11.8. The van der Waals surface area contributed by atoms with Gasteiger partial charge in [0, 0.05) is 12.6 Å². The zero-order chi connectivity index (χ0) is 13.0. The molecule has 0 fully saturated rings. The van der Waals surface area contributed by atoms with Gasteiger partial charge in [0.05, 0.1) is 5.39 Å². The summed E-state index contributed by atoms with van der Waals surface area (Å²) in [5, 5.41) is 3.11. The molecule has 0 unspecified atom stereocenters. The van der Waals surface area contributed by atoms with Crippen LogP contribution in [-0.4, -0.2) is 19.0 Å². The average molecular weight is 246 g/mol. The zero-order valence-corrected chi connectivity index (χ0v) is 9.81. The maximum absolute atomic E-state index is 11.8. The number of rotatable bonds is 4. The largest absolute Gasteiger partial charge is 0.451 e. The second kappa shape index (κ2) is 5.46. The number of nitrogens with two attached hydrogens (primary N) is 1. The van der Waals surface area contributed by atoms with Crippen LogP contribution in [0.3, 0.4) is 0 Å². The molecule has 1 aromatic carbocycles. The number of amides is 1. The highest BCUT2D eigenvalue weighted by molar-refractivity contribution is 5.93. The fraction of sp³-hybridized carbons (Fsp3) is 0.231. The molecule has 0 aliphatic carbocycles. The zero-order valence-electron chi connectivity index (χ0n) is 9.81. The van der Waals surface area contributed by atoms with Crippen molar-refractivity contribution >= 4 is 16.9 Å². The first-order valence-corrected chi connectivity index (χ1v) is 5.73. The minimum absolute atomic E-state index is 0.0238. The van der Waals surface area contributed by atoms with Gasteiger partial charge in [0.25, 0.3) is 5.91 Å². The Balaban J connectivity index is 2.29. The number of carbonyl (C=O) groups excluding carboxylic acids is 1. The van der Waals surface area contributed by atoms with Gasteiger partial charge in [-0.25, -0.2) is 0 Å². The van der Waals surface area contributed by atoms with Crippen LogP contribution in [0.15, 0.2) is 39.5 Å². The lowest BCUT2D eigenvalue weighted by molar-refractivity contribution is 0.0926. The molecule has 0 saturated carbocycles. The lowest BCUT2D eigenvalue weighted by atomic mass is 10.2. The molecule has 1 aromatic heterocycles. The van der Waals surface area contributed by atoms with E-state index in [1.54, 1.807) is 24.3 Å². The van der Waals surface area contributed by atoms with E-state index in [1.165, 1.54) is 6.07 Å². The third kappa shape index (κ3) is 2.57. The number of nitrogens with one attached hydrogen (secondary N) is 1. The van der Waals surface area contributed by atoms with Crippen LogP contribution in [0, 0.1) is 0 Å². The van der Waals surface area contributed by atoms with Gasteiger partial charge in [-0.2, -0.15) is 0 Å². The van der Waals surface area contributed by atoms with Gasteiger partial charge in [0.15, 0.2) is 11.2 Å². The second-order valence-corrected chi connectivity index (χ2v) is 3.87. The van der Waals surface area contributed by atoms with Crippen molar-refractivity contribution in [2.24, 2.45) is 5.73 Å². The Hall–Kier alpha value is -2.14. The molecule has 0 bridgehead atoms. The number of benzene rings is 1. The fourth-order valence-electron chi connectivity index (χ4n) is 1.61. The first-order valence-electron chi connectivity index (χ1n) is 5.73. The minimum Gasteiger partial charge on any atom is -0.451 e. The van der Waals surface area contributed by atoms with E-state index in [9.17, 15) is 9.59 Å². The summed E-state index contributed by atoms with van der Waals surface area (Å²) < 4.78 is 5.39. The summed E-state index contributed by atoms with van der Waals surface area (Å²) in [5.41, 5.74) is 5.52. The second-order valence-electron chi connectivity index (χ2n) is 3.87. The Kier molecular flexibility index (Phi) is 3.74. The first kappa shape index (κ1) is 12.3. The van der Waals surface area contributed by atoms with E-state index in [0.717, 1.165) is 0 Å². The van der Waals surface area contributed by atoms with Gasteiger partial charge in [-0.05, 0) is 25.1 Å². The quantitative estimate of drug-likeness (QED) is 0.784. The van der Waals surface area contributed by atoms with E-state index in [4.69, 9.17) is 10.2 Å². The molecule has 2 rings (SSSR count). The number of fused-ring (bicyclic) bond motifs is 1. The molecule has 0 spiro atoms. The van der Waals surface area contributed by atoms with E-state index in [0.29, 0.717) is 30.5 Å². The van der Waals surface area contributed by atoms with E-state index < -0.39 is 5.91 Å². The summed E-state index contributed by atoms with van der Waals surface area (Å²) in [6.45, 7) is 0.966. The molecule has 1 amide bonds. The summed E-state index contributed by atoms with van der Waals surface area (Å²) in [4.78, 5) is 23.5. The van der Waals surface area contributed by atoms with Crippen LogP contribution in [0.25, 0.3) is 11.0 Å². The van der Waals surface area contributed by atoms with Crippen LogP contribution < -0.4 is 16.5 Å². The molecule has 1 heterocycles. The van der Waals surface area contributed by atoms with Crippen LogP contribution in [-0.2, 0) is 0 Å². The predicted molar refractivity (Wildman–Crippen MR) is 68.5 cm³/mol. The number of para-hydroxylation sites is 1. The van der Waals surface area contributed by atoms with E-state index in [1.807, 2.05) is 0 Å². The summed E-state index contributed by atoms with van der Waals surface area (Å²) in [5.74, 6) is -0.373. The lowest BCUT2D eigenvalue weighted by Gasteiger charge is -2.04. The van der Waals surface area contributed by atoms with Gasteiger partial charge in [-0.15, -0.1) is 0 Å². The normalized spacial score (nSPS) is 10.5. The Morgan fingerprint density at radius 1 is 1.33 bits per heavy atom. The van der Waals surface area contributed by atoms with Crippen molar-refractivity contribution in [3.8, 4) is 0 Å². The van der Waals surface area contributed by atoms with Crippen molar-refractivity contribution in [2.45, 2.75) is 6.42 Å². The van der Waals surface area contributed by atoms with Crippen LogP contribution in [0.2, 0.25) is 0 Å². The predicted octanol–water partition coefficient (Wildman–Crippen LogP) is 0.872. The highest BCUT2D eigenvalue weighted by Gasteiger charge is 2.11. The van der Waals surface area contributed by atoms with E-state index in [2.05, 4.69) is 5.32 Å². The lowest BCUT2D eigenvalue weighted by Crippen LogP contribution is -2.26. The SMILES string of the molecule is NCCCNC(=O)c1cc(=O)c2ccccc2o1. The van der Waals surface area contributed by atoms with Crippen LogP contribution in [0.4, 0.5) is 0 Å². The Morgan fingerprint density at radius 3 is 2.89 bits per heavy atom. The number of hydrogen-bond acceptors (Lipinski definition) is 4. The molecule has 2 aromatic rings. The van der Waals surface area contributed by atoms with Crippen molar-refractivity contribution in [1.29, 1.82) is 0 Å². The average Bonchev–Trinajstić information content (AvgIpc) is 2.39. The number of carbonyl (C=O) groups is 1. The molecule has 0 radical (unpaired) electrons.